The summed E-state index contributed by atoms with van der Waals surface area (Å²) < 4.78 is 1.78. The van der Waals surface area contributed by atoms with Gasteiger partial charge in [-0.15, -0.1) is 16.8 Å². The Hall–Kier alpha value is -3.10. The minimum absolute atomic E-state index is 0.0403. The first-order chi connectivity index (χ1) is 15.4. The number of nitrogens with zero attached hydrogens (tertiary/aromatic N) is 3. The van der Waals surface area contributed by atoms with Crippen molar-refractivity contribution >= 4 is 46.6 Å². The molecule has 166 valence electrons. The van der Waals surface area contributed by atoms with Crippen LogP contribution in [-0.4, -0.2) is 32.3 Å². The van der Waals surface area contributed by atoms with Gasteiger partial charge >= 0.3 is 0 Å². The van der Waals surface area contributed by atoms with E-state index in [4.69, 9.17) is 11.6 Å². The van der Waals surface area contributed by atoms with E-state index in [9.17, 15) is 9.59 Å². The molecule has 0 aliphatic rings. The highest BCUT2D eigenvalue weighted by Crippen LogP contribution is 2.22. The Bertz CT molecular complexity index is 1110. The lowest BCUT2D eigenvalue weighted by Gasteiger charge is -2.11. The highest BCUT2D eigenvalue weighted by Gasteiger charge is 2.17. The van der Waals surface area contributed by atoms with Crippen LogP contribution in [0.3, 0.4) is 0 Å². The first-order valence-electron chi connectivity index (χ1n) is 9.94. The van der Waals surface area contributed by atoms with Gasteiger partial charge in [-0.25, -0.2) is 0 Å². The van der Waals surface area contributed by atoms with Crippen molar-refractivity contribution in [1.82, 2.24) is 14.8 Å². The monoisotopic (exact) mass is 469 g/mol. The van der Waals surface area contributed by atoms with Crippen LogP contribution in [0.25, 0.3) is 0 Å². The molecule has 1 heterocycles. The molecule has 32 heavy (non-hydrogen) atoms. The van der Waals surface area contributed by atoms with Crippen LogP contribution in [0.4, 0.5) is 11.4 Å². The molecule has 2 aromatic carbocycles. The molecule has 0 fully saturated rings. The fourth-order valence-electron chi connectivity index (χ4n) is 3.07. The van der Waals surface area contributed by atoms with E-state index in [1.165, 1.54) is 11.8 Å². The molecule has 0 aliphatic heterocycles. The number of nitrogens with one attached hydrogen (secondary N) is 2. The van der Waals surface area contributed by atoms with E-state index in [1.807, 2.05) is 32.0 Å². The Morgan fingerprint density at radius 3 is 2.41 bits per heavy atom. The largest absolute Gasteiger partial charge is 0.326 e. The average molecular weight is 470 g/mol. The third-order valence-corrected chi connectivity index (χ3v) is 5.85. The lowest BCUT2D eigenvalue weighted by atomic mass is 10.1. The zero-order valence-corrected chi connectivity index (χ0v) is 19.5. The fourth-order valence-corrected chi connectivity index (χ4v) is 3.96. The quantitative estimate of drug-likeness (QED) is 0.352. The Morgan fingerprint density at radius 1 is 1.06 bits per heavy atom. The van der Waals surface area contributed by atoms with Gasteiger partial charge in [-0.05, 0) is 49.2 Å². The lowest BCUT2D eigenvalue weighted by molar-refractivity contribution is -0.116. The number of hydrogen-bond acceptors (Lipinski definition) is 5. The molecule has 0 aliphatic carbocycles. The van der Waals surface area contributed by atoms with Crippen molar-refractivity contribution in [1.29, 1.82) is 0 Å². The molecular weight excluding hydrogens is 446 g/mol. The minimum Gasteiger partial charge on any atom is -0.326 e. The number of para-hydroxylation sites is 1. The predicted molar refractivity (Wildman–Crippen MR) is 129 cm³/mol. The number of halogens is 1. The number of hydrogen-bond donors (Lipinski definition) is 2. The molecule has 0 saturated carbocycles. The van der Waals surface area contributed by atoms with Gasteiger partial charge in [-0.2, -0.15) is 0 Å². The Labute approximate surface area is 196 Å². The van der Waals surface area contributed by atoms with Crippen molar-refractivity contribution in [2.75, 3.05) is 16.4 Å². The number of carbonyl (C=O) groups is 2. The minimum atomic E-state index is -0.227. The normalized spacial score (nSPS) is 10.6. The van der Waals surface area contributed by atoms with E-state index >= 15 is 0 Å². The van der Waals surface area contributed by atoms with Crippen molar-refractivity contribution in [3.8, 4) is 0 Å². The molecule has 0 spiro atoms. The second kappa shape index (κ2) is 11.0. The maximum absolute atomic E-state index is 12.5. The highest BCUT2D eigenvalue weighted by atomic mass is 35.5. The third kappa shape index (κ3) is 6.21. The summed E-state index contributed by atoms with van der Waals surface area (Å²) in [5, 5.41) is 15.2. The molecule has 7 nitrogen and oxygen atoms in total. The van der Waals surface area contributed by atoms with E-state index < -0.39 is 0 Å². The molecule has 9 heteroatoms. The van der Waals surface area contributed by atoms with Gasteiger partial charge in [0.25, 0.3) is 0 Å². The molecule has 0 saturated heterocycles. The van der Waals surface area contributed by atoms with Crippen molar-refractivity contribution < 1.29 is 9.59 Å². The highest BCUT2D eigenvalue weighted by molar-refractivity contribution is 7.99. The second-order valence-corrected chi connectivity index (χ2v) is 8.51. The Morgan fingerprint density at radius 2 is 1.75 bits per heavy atom. The molecule has 1 aromatic heterocycles. The Balaban J connectivity index is 1.63. The van der Waals surface area contributed by atoms with Gasteiger partial charge in [0, 0.05) is 22.9 Å². The molecule has 0 unspecified atom stereocenters. The first kappa shape index (κ1) is 23.6. The predicted octanol–water partition coefficient (Wildman–Crippen LogP) is 4.65. The van der Waals surface area contributed by atoms with Gasteiger partial charge < -0.3 is 15.2 Å². The molecular formula is C23H24ClN5O2S. The summed E-state index contributed by atoms with van der Waals surface area (Å²) >= 11 is 7.14. The number of benzene rings is 2. The number of allylic oxidation sites excluding steroid dienone is 1. The summed E-state index contributed by atoms with van der Waals surface area (Å²) in [5.74, 6) is 0.297. The number of aromatic nitrogens is 3. The van der Waals surface area contributed by atoms with Crippen molar-refractivity contribution in [2.45, 2.75) is 32.0 Å². The van der Waals surface area contributed by atoms with Gasteiger partial charge in [0.2, 0.25) is 11.8 Å². The fraction of sp³-hybridized carbons (Fsp3) is 0.217. The number of amides is 2. The average Bonchev–Trinajstić information content (AvgIpc) is 3.12. The van der Waals surface area contributed by atoms with Crippen LogP contribution in [-0.2, 0) is 22.6 Å². The van der Waals surface area contributed by atoms with Crippen molar-refractivity contribution in [3.63, 3.8) is 0 Å². The van der Waals surface area contributed by atoms with Gasteiger partial charge in [-0.3, -0.25) is 9.59 Å². The van der Waals surface area contributed by atoms with Crippen LogP contribution in [0.5, 0.6) is 0 Å². The number of carbonyl (C=O) groups excluding carboxylic acids is 2. The summed E-state index contributed by atoms with van der Waals surface area (Å²) in [7, 11) is 0. The topological polar surface area (TPSA) is 88.9 Å². The standard InChI is InChI=1S/C23H24ClN5O2S/c1-4-12-29-19(13-20(30)25-18-10-8-17(24)9-11-18)27-28-23(29)32-14-21(31)26-22-15(2)6-5-7-16(22)3/h4-11H,1,12-14H2,2-3H3,(H,25,30)(H,26,31). The zero-order valence-electron chi connectivity index (χ0n) is 17.9. The van der Waals surface area contributed by atoms with Crippen LogP contribution in [0, 0.1) is 13.8 Å². The molecule has 0 radical (unpaired) electrons. The number of aryl methyl sites for hydroxylation is 2. The van der Waals surface area contributed by atoms with Crippen LogP contribution in [0.1, 0.15) is 17.0 Å². The molecule has 3 rings (SSSR count). The van der Waals surface area contributed by atoms with E-state index in [-0.39, 0.29) is 24.0 Å². The molecule has 0 bridgehead atoms. The SMILES string of the molecule is C=CCn1c(CC(=O)Nc2ccc(Cl)cc2)nnc1SCC(=O)Nc1c(C)cccc1C. The molecule has 2 amide bonds. The van der Waals surface area contributed by atoms with E-state index in [0.717, 1.165) is 16.8 Å². The summed E-state index contributed by atoms with van der Waals surface area (Å²) in [4.78, 5) is 24.9. The molecule has 0 atom stereocenters. The van der Waals surface area contributed by atoms with E-state index in [1.54, 1.807) is 34.9 Å². The van der Waals surface area contributed by atoms with Crippen LogP contribution in [0.15, 0.2) is 60.3 Å². The lowest BCUT2D eigenvalue weighted by Crippen LogP contribution is -2.18. The number of rotatable bonds is 9. The summed E-state index contributed by atoms with van der Waals surface area (Å²) in [6.07, 6.45) is 1.74. The molecule has 2 N–H and O–H groups in total. The third-order valence-electron chi connectivity index (χ3n) is 4.63. The summed E-state index contributed by atoms with van der Waals surface area (Å²) in [5.41, 5.74) is 3.48. The van der Waals surface area contributed by atoms with Crippen LogP contribution < -0.4 is 10.6 Å². The summed E-state index contributed by atoms with van der Waals surface area (Å²) in [6.45, 7) is 8.11. The summed E-state index contributed by atoms with van der Waals surface area (Å²) in [6, 6.07) is 12.7. The van der Waals surface area contributed by atoms with E-state index in [0.29, 0.717) is 28.2 Å². The van der Waals surface area contributed by atoms with Gasteiger partial charge in [-0.1, -0.05) is 47.6 Å². The zero-order chi connectivity index (χ0) is 23.1. The maximum atomic E-state index is 12.5. The Kier molecular flexibility index (Phi) is 8.08. The van der Waals surface area contributed by atoms with Gasteiger partial charge in [0.15, 0.2) is 5.16 Å². The second-order valence-electron chi connectivity index (χ2n) is 7.13. The number of anilines is 2. The maximum Gasteiger partial charge on any atom is 0.234 e. The van der Waals surface area contributed by atoms with E-state index in [2.05, 4.69) is 27.4 Å². The van der Waals surface area contributed by atoms with Gasteiger partial charge in [0.1, 0.15) is 5.82 Å². The van der Waals surface area contributed by atoms with Gasteiger partial charge in [0.05, 0.1) is 12.2 Å². The van der Waals surface area contributed by atoms with Crippen LogP contribution >= 0.6 is 23.4 Å². The smallest absolute Gasteiger partial charge is 0.234 e. The molecule has 3 aromatic rings. The van der Waals surface area contributed by atoms with Crippen LogP contribution in [0.2, 0.25) is 5.02 Å². The first-order valence-corrected chi connectivity index (χ1v) is 11.3. The van der Waals surface area contributed by atoms with Crippen molar-refractivity contribution in [2.24, 2.45) is 0 Å². The van der Waals surface area contributed by atoms with Crippen molar-refractivity contribution in [3.05, 3.63) is 77.1 Å². The number of thioether (sulfide) groups is 1.